The minimum absolute atomic E-state index is 0.0455. The lowest BCUT2D eigenvalue weighted by Crippen LogP contribution is -2.07. The number of ether oxygens (including phenoxy) is 1. The Balaban J connectivity index is 1.57. The second-order valence-corrected chi connectivity index (χ2v) is 8.44. The van der Waals surface area contributed by atoms with Crippen LogP contribution in [0.25, 0.3) is 22.0 Å². The topological polar surface area (TPSA) is 27.1 Å². The van der Waals surface area contributed by atoms with Crippen molar-refractivity contribution >= 4 is 10.9 Å². The van der Waals surface area contributed by atoms with Crippen LogP contribution in [0.15, 0.2) is 97.3 Å². The van der Waals surface area contributed by atoms with Crippen molar-refractivity contribution in [3.63, 3.8) is 0 Å². The molecule has 0 atom stereocenters. The van der Waals surface area contributed by atoms with Crippen molar-refractivity contribution in [1.29, 1.82) is 0 Å². The van der Waals surface area contributed by atoms with E-state index in [1.165, 1.54) is 6.07 Å². The first-order valence-electron chi connectivity index (χ1n) is 11.3. The van der Waals surface area contributed by atoms with Crippen LogP contribution in [0.2, 0.25) is 0 Å². The highest BCUT2D eigenvalue weighted by molar-refractivity contribution is 5.98. The van der Waals surface area contributed by atoms with Crippen molar-refractivity contribution in [3.05, 3.63) is 120 Å². The van der Waals surface area contributed by atoms with Crippen LogP contribution in [0.3, 0.4) is 0 Å². The highest BCUT2D eigenvalue weighted by Gasteiger charge is 2.33. The second kappa shape index (κ2) is 9.29. The summed E-state index contributed by atoms with van der Waals surface area (Å²) in [6.07, 6.45) is -0.403. The molecule has 0 amide bonds. The zero-order valence-electron chi connectivity index (χ0n) is 19.1. The van der Waals surface area contributed by atoms with Gasteiger partial charge >= 0.3 is 6.18 Å². The molecule has 0 unspecified atom stereocenters. The predicted molar refractivity (Wildman–Crippen MR) is 131 cm³/mol. The van der Waals surface area contributed by atoms with E-state index in [4.69, 9.17) is 4.74 Å². The first-order valence-corrected chi connectivity index (χ1v) is 11.3. The Morgan fingerprint density at radius 1 is 0.857 bits per heavy atom. The molecule has 0 fully saturated rings. The smallest absolute Gasteiger partial charge is 0.418 e. The number of rotatable bonds is 6. The summed E-state index contributed by atoms with van der Waals surface area (Å²) >= 11 is 0. The van der Waals surface area contributed by atoms with E-state index in [1.807, 2.05) is 84.5 Å². The first kappa shape index (κ1) is 22.7. The van der Waals surface area contributed by atoms with Gasteiger partial charge in [0, 0.05) is 24.8 Å². The molecule has 0 aliphatic heterocycles. The van der Waals surface area contributed by atoms with E-state index >= 15 is 0 Å². The Labute approximate surface area is 201 Å². The van der Waals surface area contributed by atoms with Gasteiger partial charge in [-0.25, -0.2) is 0 Å². The van der Waals surface area contributed by atoms with Crippen LogP contribution in [0.5, 0.6) is 5.75 Å². The fourth-order valence-corrected chi connectivity index (χ4v) is 4.31. The fourth-order valence-electron chi connectivity index (χ4n) is 4.31. The third kappa shape index (κ3) is 4.78. The standard InChI is InChI=1S/C29H23F3N2O/c1-34-16-6-9-23(34)19-35-24-14-12-21(13-15-24)27-22(17-20-7-3-2-4-8-20)18-33-28-25(27)10-5-11-26(28)29(30,31)32/h2-16,18H,17,19H2,1H3. The Kier molecular flexibility index (Phi) is 6.03. The first-order chi connectivity index (χ1) is 16.9. The van der Waals surface area contributed by atoms with Crippen molar-refractivity contribution in [3.8, 4) is 16.9 Å². The fraction of sp³-hybridized carbons (Fsp3) is 0.138. The molecule has 0 aliphatic carbocycles. The highest BCUT2D eigenvalue weighted by Crippen LogP contribution is 2.39. The van der Waals surface area contributed by atoms with E-state index in [9.17, 15) is 13.2 Å². The highest BCUT2D eigenvalue weighted by atomic mass is 19.4. The molecular weight excluding hydrogens is 449 g/mol. The van der Waals surface area contributed by atoms with Gasteiger partial charge in [-0.15, -0.1) is 0 Å². The van der Waals surface area contributed by atoms with Crippen molar-refractivity contribution < 1.29 is 17.9 Å². The van der Waals surface area contributed by atoms with E-state index in [0.717, 1.165) is 34.0 Å². The lowest BCUT2D eigenvalue weighted by atomic mass is 9.92. The van der Waals surface area contributed by atoms with Crippen LogP contribution in [0.1, 0.15) is 22.4 Å². The summed E-state index contributed by atoms with van der Waals surface area (Å²) in [6.45, 7) is 0.426. The summed E-state index contributed by atoms with van der Waals surface area (Å²) in [5.41, 5.74) is 3.75. The number of para-hydroxylation sites is 1. The number of benzene rings is 3. The number of aryl methyl sites for hydroxylation is 1. The van der Waals surface area contributed by atoms with Crippen LogP contribution in [0, 0.1) is 0 Å². The molecule has 176 valence electrons. The molecule has 0 radical (unpaired) electrons. The van der Waals surface area contributed by atoms with Gasteiger partial charge < -0.3 is 9.30 Å². The van der Waals surface area contributed by atoms with Crippen LogP contribution in [0.4, 0.5) is 13.2 Å². The average Bonchev–Trinajstić information content (AvgIpc) is 3.27. The van der Waals surface area contributed by atoms with Crippen LogP contribution < -0.4 is 4.74 Å². The summed E-state index contributed by atoms with van der Waals surface area (Å²) in [5, 5.41) is 0.478. The number of hydrogen-bond donors (Lipinski definition) is 0. The van der Waals surface area contributed by atoms with Crippen LogP contribution >= 0.6 is 0 Å². The van der Waals surface area contributed by atoms with Crippen LogP contribution in [-0.4, -0.2) is 9.55 Å². The normalized spacial score (nSPS) is 11.7. The van der Waals surface area contributed by atoms with Gasteiger partial charge in [0.2, 0.25) is 0 Å². The molecule has 2 heterocycles. The van der Waals surface area contributed by atoms with Crippen molar-refractivity contribution in [1.82, 2.24) is 9.55 Å². The number of alkyl halides is 3. The summed E-state index contributed by atoms with van der Waals surface area (Å²) in [6, 6.07) is 25.5. The number of halogens is 3. The van der Waals surface area contributed by atoms with Gasteiger partial charge in [0.05, 0.1) is 16.8 Å². The Bertz CT molecular complexity index is 1460. The number of aromatic nitrogens is 2. The van der Waals surface area contributed by atoms with Crippen molar-refractivity contribution in [2.45, 2.75) is 19.2 Å². The number of hydrogen-bond acceptors (Lipinski definition) is 2. The molecule has 5 aromatic rings. The number of nitrogens with zero attached hydrogens (tertiary/aromatic N) is 2. The lowest BCUT2D eigenvalue weighted by Gasteiger charge is -2.17. The molecule has 0 spiro atoms. The minimum Gasteiger partial charge on any atom is -0.487 e. The van der Waals surface area contributed by atoms with Gasteiger partial charge in [-0.3, -0.25) is 4.98 Å². The zero-order chi connectivity index (χ0) is 24.4. The van der Waals surface area contributed by atoms with Crippen LogP contribution in [-0.2, 0) is 26.3 Å². The van der Waals surface area contributed by atoms with Crippen molar-refractivity contribution in [2.24, 2.45) is 7.05 Å². The maximum Gasteiger partial charge on any atom is 0.418 e. The molecule has 0 saturated carbocycles. The predicted octanol–water partition coefficient (Wildman–Crippen LogP) is 7.43. The summed E-state index contributed by atoms with van der Waals surface area (Å²) in [7, 11) is 1.96. The third-order valence-corrected chi connectivity index (χ3v) is 6.10. The molecule has 3 nitrogen and oxygen atoms in total. The second-order valence-electron chi connectivity index (χ2n) is 8.44. The number of fused-ring (bicyclic) bond motifs is 1. The minimum atomic E-state index is -4.49. The molecular formula is C29H23F3N2O. The van der Waals surface area contributed by atoms with Gasteiger partial charge in [-0.2, -0.15) is 13.2 Å². The maximum atomic E-state index is 13.7. The van der Waals surface area contributed by atoms with E-state index in [0.29, 0.717) is 24.2 Å². The summed E-state index contributed by atoms with van der Waals surface area (Å²) in [5.74, 6) is 0.689. The van der Waals surface area contributed by atoms with Gasteiger partial charge in [0.1, 0.15) is 12.4 Å². The Morgan fingerprint density at radius 2 is 1.63 bits per heavy atom. The van der Waals surface area contributed by atoms with Gasteiger partial charge in [0.25, 0.3) is 0 Å². The largest absolute Gasteiger partial charge is 0.487 e. The zero-order valence-corrected chi connectivity index (χ0v) is 19.1. The quantitative estimate of drug-likeness (QED) is 0.257. The molecule has 0 saturated heterocycles. The molecule has 2 aromatic heterocycles. The maximum absolute atomic E-state index is 13.7. The molecule has 6 heteroatoms. The molecule has 0 aliphatic rings. The monoisotopic (exact) mass is 472 g/mol. The molecule has 0 bridgehead atoms. The lowest BCUT2D eigenvalue weighted by molar-refractivity contribution is -0.136. The van der Waals surface area contributed by atoms with E-state index in [-0.39, 0.29) is 5.52 Å². The molecule has 35 heavy (non-hydrogen) atoms. The third-order valence-electron chi connectivity index (χ3n) is 6.10. The summed E-state index contributed by atoms with van der Waals surface area (Å²) < 4.78 is 49.1. The number of pyridine rings is 1. The molecule has 0 N–H and O–H groups in total. The summed E-state index contributed by atoms with van der Waals surface area (Å²) in [4.78, 5) is 4.27. The Hall–Kier alpha value is -4.06. The van der Waals surface area contributed by atoms with E-state index < -0.39 is 11.7 Å². The van der Waals surface area contributed by atoms with Gasteiger partial charge in [0.15, 0.2) is 0 Å². The molecule has 5 rings (SSSR count). The van der Waals surface area contributed by atoms with Gasteiger partial charge in [-0.05, 0) is 59.0 Å². The average molecular weight is 473 g/mol. The van der Waals surface area contributed by atoms with E-state index in [1.54, 1.807) is 12.3 Å². The van der Waals surface area contributed by atoms with Gasteiger partial charge in [-0.1, -0.05) is 54.6 Å². The van der Waals surface area contributed by atoms with Crippen molar-refractivity contribution in [2.75, 3.05) is 0 Å². The Morgan fingerprint density at radius 3 is 2.31 bits per heavy atom. The SMILES string of the molecule is Cn1cccc1COc1ccc(-c2c(Cc3ccccc3)cnc3c(C(F)(F)F)cccc23)cc1. The van der Waals surface area contributed by atoms with E-state index in [2.05, 4.69) is 4.98 Å². The molecule has 3 aromatic carbocycles.